The Balaban J connectivity index is 2.43. The van der Waals surface area contributed by atoms with Gasteiger partial charge in [-0.2, -0.15) is 5.10 Å². The fraction of sp³-hybridized carbons (Fsp3) is 0.125. The summed E-state index contributed by atoms with van der Waals surface area (Å²) in [5, 5.41) is 6.56. The van der Waals surface area contributed by atoms with Gasteiger partial charge in [-0.15, -0.1) is 0 Å². The van der Waals surface area contributed by atoms with Crippen LogP contribution in [0.2, 0.25) is 0 Å². The van der Waals surface area contributed by atoms with E-state index in [4.69, 9.17) is 10.2 Å². The van der Waals surface area contributed by atoms with Crippen LogP contribution in [-0.4, -0.2) is 10.2 Å². The monoisotopic (exact) mass is 163 g/mol. The highest BCUT2D eigenvalue weighted by atomic mass is 16.3. The predicted molar refractivity (Wildman–Crippen MR) is 45.4 cm³/mol. The van der Waals surface area contributed by atoms with Gasteiger partial charge in [0.05, 0.1) is 0 Å². The van der Waals surface area contributed by atoms with Gasteiger partial charge in [0, 0.05) is 6.07 Å². The first-order valence-corrected chi connectivity index (χ1v) is 3.63. The summed E-state index contributed by atoms with van der Waals surface area (Å²) in [7, 11) is 0. The maximum absolute atomic E-state index is 5.44. The average molecular weight is 163 g/mol. The van der Waals surface area contributed by atoms with Crippen molar-refractivity contribution in [2.45, 2.75) is 6.92 Å². The first kappa shape index (κ1) is 6.97. The third-order valence-corrected chi connectivity index (χ3v) is 1.60. The summed E-state index contributed by atoms with van der Waals surface area (Å²) in [6.45, 7) is 1.89. The van der Waals surface area contributed by atoms with Gasteiger partial charge in [-0.3, -0.25) is 5.10 Å². The van der Waals surface area contributed by atoms with E-state index in [0.29, 0.717) is 5.82 Å². The summed E-state index contributed by atoms with van der Waals surface area (Å²) in [6, 6.07) is 5.51. The normalized spacial score (nSPS) is 10.4. The van der Waals surface area contributed by atoms with Crippen LogP contribution in [0.1, 0.15) is 5.76 Å². The number of H-pyrrole nitrogens is 1. The summed E-state index contributed by atoms with van der Waals surface area (Å²) in [6.07, 6.45) is 0. The lowest BCUT2D eigenvalue weighted by Crippen LogP contribution is -1.81. The molecule has 0 saturated carbocycles. The summed E-state index contributed by atoms with van der Waals surface area (Å²) < 4.78 is 5.36. The van der Waals surface area contributed by atoms with Crippen LogP contribution in [0.4, 0.5) is 5.82 Å². The number of aromatic nitrogens is 2. The smallest absolute Gasteiger partial charge is 0.152 e. The molecule has 2 rings (SSSR count). The molecule has 2 aromatic heterocycles. The van der Waals surface area contributed by atoms with E-state index in [1.165, 1.54) is 0 Å². The predicted octanol–water partition coefficient (Wildman–Crippen LogP) is 1.56. The van der Waals surface area contributed by atoms with Gasteiger partial charge in [-0.25, -0.2) is 0 Å². The molecular weight excluding hydrogens is 154 g/mol. The maximum Gasteiger partial charge on any atom is 0.152 e. The number of nitrogen functional groups attached to an aromatic ring is 1. The van der Waals surface area contributed by atoms with E-state index in [0.717, 1.165) is 17.2 Å². The molecule has 2 aromatic rings. The van der Waals surface area contributed by atoms with E-state index in [1.807, 2.05) is 19.1 Å². The molecule has 0 aliphatic heterocycles. The molecule has 0 aromatic carbocycles. The van der Waals surface area contributed by atoms with Gasteiger partial charge in [-0.1, -0.05) is 0 Å². The number of furan rings is 1. The summed E-state index contributed by atoms with van der Waals surface area (Å²) in [4.78, 5) is 0. The lowest BCUT2D eigenvalue weighted by Gasteiger charge is -1.87. The highest BCUT2D eigenvalue weighted by Gasteiger charge is 2.04. The first-order chi connectivity index (χ1) is 5.75. The molecule has 0 unspecified atom stereocenters. The van der Waals surface area contributed by atoms with Crippen LogP contribution in [0.25, 0.3) is 11.5 Å². The van der Waals surface area contributed by atoms with Crippen molar-refractivity contribution in [1.29, 1.82) is 0 Å². The van der Waals surface area contributed by atoms with Crippen LogP contribution < -0.4 is 5.73 Å². The molecule has 0 fully saturated rings. The third kappa shape index (κ3) is 1.07. The molecule has 4 heteroatoms. The van der Waals surface area contributed by atoms with Crippen molar-refractivity contribution in [3.8, 4) is 11.5 Å². The van der Waals surface area contributed by atoms with Gasteiger partial charge in [0.25, 0.3) is 0 Å². The fourth-order valence-corrected chi connectivity index (χ4v) is 1.04. The highest BCUT2D eigenvalue weighted by molar-refractivity contribution is 5.56. The van der Waals surface area contributed by atoms with Crippen LogP contribution in [0, 0.1) is 6.92 Å². The Morgan fingerprint density at radius 3 is 2.83 bits per heavy atom. The van der Waals surface area contributed by atoms with E-state index in [9.17, 15) is 0 Å². The zero-order chi connectivity index (χ0) is 8.55. The maximum atomic E-state index is 5.44. The molecule has 0 bridgehead atoms. The molecule has 0 radical (unpaired) electrons. The van der Waals surface area contributed by atoms with Crippen molar-refractivity contribution in [2.24, 2.45) is 0 Å². The number of hydrogen-bond donors (Lipinski definition) is 2. The number of hydrogen-bond acceptors (Lipinski definition) is 3. The molecule has 3 N–H and O–H groups in total. The Hall–Kier alpha value is -1.71. The average Bonchev–Trinajstić information content (AvgIpc) is 2.58. The number of nitrogens with zero attached hydrogens (tertiary/aromatic N) is 1. The molecule has 4 nitrogen and oxygen atoms in total. The second kappa shape index (κ2) is 2.41. The topological polar surface area (TPSA) is 67.8 Å². The van der Waals surface area contributed by atoms with Gasteiger partial charge in [0.1, 0.15) is 17.3 Å². The molecule has 62 valence electrons. The SMILES string of the molecule is Cc1ccc(-c2cc(N)n[nH]2)o1. The first-order valence-electron chi connectivity index (χ1n) is 3.63. The Morgan fingerprint density at radius 2 is 2.33 bits per heavy atom. The van der Waals surface area contributed by atoms with E-state index >= 15 is 0 Å². The van der Waals surface area contributed by atoms with E-state index in [2.05, 4.69) is 10.2 Å². The lowest BCUT2D eigenvalue weighted by atomic mass is 10.3. The molecule has 0 aliphatic rings. The minimum absolute atomic E-state index is 0.471. The molecule has 0 amide bonds. The van der Waals surface area contributed by atoms with Crippen LogP contribution in [0.15, 0.2) is 22.6 Å². The van der Waals surface area contributed by atoms with Crippen LogP contribution >= 0.6 is 0 Å². The number of aromatic amines is 1. The fourth-order valence-electron chi connectivity index (χ4n) is 1.04. The zero-order valence-corrected chi connectivity index (χ0v) is 6.66. The summed E-state index contributed by atoms with van der Waals surface area (Å²) in [5.74, 6) is 2.11. The van der Waals surface area contributed by atoms with Crippen molar-refractivity contribution >= 4 is 5.82 Å². The number of rotatable bonds is 1. The summed E-state index contributed by atoms with van der Waals surface area (Å²) in [5.41, 5.74) is 6.24. The minimum Gasteiger partial charge on any atom is -0.460 e. The van der Waals surface area contributed by atoms with Crippen LogP contribution in [-0.2, 0) is 0 Å². The van der Waals surface area contributed by atoms with Gasteiger partial charge < -0.3 is 10.2 Å². The van der Waals surface area contributed by atoms with Crippen LogP contribution in [0.5, 0.6) is 0 Å². The Bertz CT molecular complexity index is 350. The van der Waals surface area contributed by atoms with Crippen molar-refractivity contribution in [3.05, 3.63) is 24.0 Å². The number of nitrogens with two attached hydrogens (primary N) is 1. The van der Waals surface area contributed by atoms with Gasteiger partial charge >= 0.3 is 0 Å². The van der Waals surface area contributed by atoms with Crippen LogP contribution in [0.3, 0.4) is 0 Å². The number of aryl methyl sites for hydroxylation is 1. The molecule has 0 saturated heterocycles. The highest BCUT2D eigenvalue weighted by Crippen LogP contribution is 2.20. The van der Waals surface area contributed by atoms with Crippen molar-refractivity contribution < 1.29 is 4.42 Å². The Labute approximate surface area is 69.4 Å². The largest absolute Gasteiger partial charge is 0.460 e. The van der Waals surface area contributed by atoms with Crippen molar-refractivity contribution in [2.75, 3.05) is 5.73 Å². The number of anilines is 1. The second-order valence-electron chi connectivity index (χ2n) is 2.62. The Morgan fingerprint density at radius 1 is 1.50 bits per heavy atom. The molecule has 2 heterocycles. The molecular formula is C8H9N3O. The van der Waals surface area contributed by atoms with E-state index in [1.54, 1.807) is 6.07 Å². The quantitative estimate of drug-likeness (QED) is 0.670. The molecule has 12 heavy (non-hydrogen) atoms. The summed E-state index contributed by atoms with van der Waals surface area (Å²) >= 11 is 0. The lowest BCUT2D eigenvalue weighted by molar-refractivity contribution is 0.546. The van der Waals surface area contributed by atoms with E-state index in [-0.39, 0.29) is 0 Å². The number of nitrogens with one attached hydrogen (secondary N) is 1. The molecule has 0 spiro atoms. The minimum atomic E-state index is 0.471. The second-order valence-corrected chi connectivity index (χ2v) is 2.62. The van der Waals surface area contributed by atoms with Gasteiger partial charge in [0.2, 0.25) is 0 Å². The third-order valence-electron chi connectivity index (χ3n) is 1.60. The van der Waals surface area contributed by atoms with Gasteiger partial charge in [-0.05, 0) is 19.1 Å². The standard InChI is InChI=1S/C8H9N3O/c1-5-2-3-7(12-5)6-4-8(9)11-10-6/h2-4H,1H3,(H3,9,10,11). The zero-order valence-electron chi connectivity index (χ0n) is 6.66. The van der Waals surface area contributed by atoms with Crippen molar-refractivity contribution in [3.63, 3.8) is 0 Å². The van der Waals surface area contributed by atoms with Gasteiger partial charge in [0.15, 0.2) is 5.76 Å². The van der Waals surface area contributed by atoms with E-state index < -0.39 is 0 Å². The molecule has 0 atom stereocenters. The Kier molecular flexibility index (Phi) is 1.40. The van der Waals surface area contributed by atoms with Crippen molar-refractivity contribution in [1.82, 2.24) is 10.2 Å². The molecule has 0 aliphatic carbocycles.